The minimum Gasteiger partial charge on any atom is -0.481 e. The van der Waals surface area contributed by atoms with Crippen molar-refractivity contribution in [2.45, 2.75) is 69.1 Å². The molecule has 14 N–H and O–H groups in total. The lowest BCUT2D eigenvalue weighted by molar-refractivity contribution is -0.142. The van der Waals surface area contributed by atoms with Crippen molar-refractivity contribution in [2.75, 3.05) is 6.54 Å². The first kappa shape index (κ1) is 35.0. The van der Waals surface area contributed by atoms with Crippen molar-refractivity contribution in [3.8, 4) is 0 Å². The third-order valence-corrected chi connectivity index (χ3v) is 6.61. The fourth-order valence-corrected chi connectivity index (χ4v) is 4.28. The van der Waals surface area contributed by atoms with Crippen molar-refractivity contribution in [1.82, 2.24) is 20.9 Å². The van der Waals surface area contributed by atoms with E-state index in [0.29, 0.717) is 12.0 Å². The van der Waals surface area contributed by atoms with Crippen molar-refractivity contribution in [1.29, 1.82) is 0 Å². The Hall–Kier alpha value is -5.19. The van der Waals surface area contributed by atoms with Gasteiger partial charge in [-0.05, 0) is 37.3 Å². The zero-order chi connectivity index (χ0) is 32.8. The normalized spacial score (nSPS) is 13.6. The molecule has 0 aliphatic rings. The number of aromatic nitrogens is 1. The molecule has 240 valence electrons. The van der Waals surface area contributed by atoms with Crippen LogP contribution in [0.5, 0.6) is 0 Å². The Balaban J connectivity index is 2.28. The third kappa shape index (κ3) is 11.6. The molecule has 0 bridgehead atoms. The molecular formula is C27H39N9O8. The molecule has 2 rings (SSSR count). The van der Waals surface area contributed by atoms with E-state index in [4.69, 9.17) is 22.9 Å². The van der Waals surface area contributed by atoms with Crippen molar-refractivity contribution >= 4 is 52.4 Å². The number of carbonyl (C=O) groups excluding carboxylic acids is 4. The van der Waals surface area contributed by atoms with Crippen LogP contribution < -0.4 is 38.9 Å². The monoisotopic (exact) mass is 617 g/mol. The second kappa shape index (κ2) is 17.1. The highest BCUT2D eigenvalue weighted by Crippen LogP contribution is 2.19. The van der Waals surface area contributed by atoms with Crippen LogP contribution in [0, 0.1) is 0 Å². The van der Waals surface area contributed by atoms with Crippen molar-refractivity contribution in [3.05, 3.63) is 36.0 Å². The predicted molar refractivity (Wildman–Crippen MR) is 159 cm³/mol. The maximum absolute atomic E-state index is 13.4. The van der Waals surface area contributed by atoms with Crippen molar-refractivity contribution < 1.29 is 39.0 Å². The summed E-state index contributed by atoms with van der Waals surface area (Å²) < 4.78 is 0. The van der Waals surface area contributed by atoms with Crippen LogP contribution in [0.2, 0.25) is 0 Å². The van der Waals surface area contributed by atoms with Gasteiger partial charge in [0.2, 0.25) is 23.6 Å². The van der Waals surface area contributed by atoms with Crippen LogP contribution in [0.3, 0.4) is 0 Å². The highest BCUT2D eigenvalue weighted by Gasteiger charge is 2.31. The van der Waals surface area contributed by atoms with E-state index in [1.807, 2.05) is 0 Å². The summed E-state index contributed by atoms with van der Waals surface area (Å²) in [5.74, 6) is -6.06. The summed E-state index contributed by atoms with van der Waals surface area (Å²) in [5, 5.41) is 26.8. The van der Waals surface area contributed by atoms with Gasteiger partial charge in [0.05, 0.1) is 6.04 Å². The average Bonchev–Trinajstić information content (AvgIpc) is 3.36. The lowest BCUT2D eigenvalue weighted by Crippen LogP contribution is -2.57. The first-order chi connectivity index (χ1) is 20.8. The van der Waals surface area contributed by atoms with Crippen LogP contribution in [-0.2, 0) is 35.2 Å². The first-order valence-corrected chi connectivity index (χ1v) is 13.8. The zero-order valence-corrected chi connectivity index (χ0v) is 24.0. The number of rotatable bonds is 19. The number of nitrogens with one attached hydrogen (secondary N) is 4. The highest BCUT2D eigenvalue weighted by atomic mass is 16.4. The Kier molecular flexibility index (Phi) is 13.6. The molecule has 0 saturated carbocycles. The van der Waals surface area contributed by atoms with Gasteiger partial charge in [0.1, 0.15) is 18.1 Å². The minimum atomic E-state index is -1.49. The number of carboxylic acid groups (broad SMARTS) is 2. The number of guanidine groups is 1. The number of fused-ring (bicyclic) bond motifs is 1. The number of benzene rings is 1. The van der Waals surface area contributed by atoms with Crippen LogP contribution in [-0.4, -0.2) is 87.4 Å². The molecule has 0 spiro atoms. The molecule has 0 saturated heterocycles. The number of hydrogen-bond acceptors (Lipinski definition) is 8. The summed E-state index contributed by atoms with van der Waals surface area (Å²) >= 11 is 0. The van der Waals surface area contributed by atoms with Gasteiger partial charge < -0.3 is 54.1 Å². The number of carbonyl (C=O) groups is 6. The van der Waals surface area contributed by atoms with E-state index < -0.39 is 66.2 Å². The smallest absolute Gasteiger partial charge is 0.326 e. The number of aliphatic imine (C=N–C) groups is 1. The van der Waals surface area contributed by atoms with Gasteiger partial charge in [0.15, 0.2) is 5.96 Å². The zero-order valence-electron chi connectivity index (χ0n) is 24.0. The molecule has 17 heteroatoms. The molecule has 0 aliphatic heterocycles. The lowest BCUT2D eigenvalue weighted by atomic mass is 10.0. The van der Waals surface area contributed by atoms with E-state index in [-0.39, 0.29) is 44.6 Å². The maximum Gasteiger partial charge on any atom is 0.326 e. The van der Waals surface area contributed by atoms with Crippen LogP contribution in [0.15, 0.2) is 35.5 Å². The van der Waals surface area contributed by atoms with Crippen molar-refractivity contribution in [2.24, 2.45) is 27.9 Å². The molecule has 17 nitrogen and oxygen atoms in total. The van der Waals surface area contributed by atoms with Crippen LogP contribution >= 0.6 is 0 Å². The SMILES string of the molecule is NC(=O)CCC(NC(=O)C(Cc1c[nH]c2ccccc12)NC(=O)C(CCC(=O)O)NC(=O)C(N)CCCN=C(N)N)C(=O)O. The van der Waals surface area contributed by atoms with Gasteiger partial charge in [-0.1, -0.05) is 18.2 Å². The molecular weight excluding hydrogens is 578 g/mol. The number of aromatic amines is 1. The molecule has 4 atom stereocenters. The summed E-state index contributed by atoms with van der Waals surface area (Å²) in [6, 6.07) is 1.83. The van der Waals surface area contributed by atoms with Crippen LogP contribution in [0.25, 0.3) is 10.9 Å². The lowest BCUT2D eigenvalue weighted by Gasteiger charge is -2.25. The number of para-hydroxylation sites is 1. The number of nitrogens with two attached hydrogens (primary N) is 4. The fraction of sp³-hybridized carbons (Fsp3) is 0.444. The van der Waals surface area contributed by atoms with E-state index in [0.717, 1.165) is 10.9 Å². The molecule has 0 fully saturated rings. The largest absolute Gasteiger partial charge is 0.481 e. The van der Waals surface area contributed by atoms with Gasteiger partial charge in [-0.3, -0.25) is 29.0 Å². The predicted octanol–water partition coefficient (Wildman–Crippen LogP) is -2.24. The van der Waals surface area contributed by atoms with Gasteiger partial charge in [-0.2, -0.15) is 0 Å². The Morgan fingerprint density at radius 1 is 0.818 bits per heavy atom. The average molecular weight is 618 g/mol. The molecule has 2 aromatic rings. The van der Waals surface area contributed by atoms with Crippen LogP contribution in [0.4, 0.5) is 0 Å². The van der Waals surface area contributed by atoms with E-state index in [1.165, 1.54) is 0 Å². The quantitative estimate of drug-likeness (QED) is 0.0456. The third-order valence-electron chi connectivity index (χ3n) is 6.61. The van der Waals surface area contributed by atoms with E-state index >= 15 is 0 Å². The fourth-order valence-electron chi connectivity index (χ4n) is 4.28. The number of H-pyrrole nitrogens is 1. The maximum atomic E-state index is 13.4. The summed E-state index contributed by atoms with van der Waals surface area (Å²) in [4.78, 5) is 80.6. The standard InChI is InChI=1S/C27H39N9O8/c28-16(5-3-11-32-27(30)31)23(40)34-18(8-10-22(38)39)24(41)36-20(12-14-13-33-17-6-2-1-4-15(14)17)25(42)35-19(26(43)44)7-9-21(29)37/h1-2,4,6,13,16,18-20,33H,3,5,7-12,28H2,(H2,29,37)(H,34,40)(H,35,42)(H,36,41)(H,38,39)(H,43,44)(H4,30,31,32). The topological polar surface area (TPSA) is 311 Å². The van der Waals surface area contributed by atoms with Gasteiger partial charge in [0.25, 0.3) is 0 Å². The second-order valence-electron chi connectivity index (χ2n) is 10.1. The Morgan fingerprint density at radius 2 is 1.43 bits per heavy atom. The molecule has 1 heterocycles. The number of amides is 4. The number of hydrogen-bond donors (Lipinski definition) is 10. The summed E-state index contributed by atoms with van der Waals surface area (Å²) in [5.41, 5.74) is 23.0. The second-order valence-corrected chi connectivity index (χ2v) is 10.1. The molecule has 4 amide bonds. The summed E-state index contributed by atoms with van der Waals surface area (Å²) in [6.45, 7) is 0.216. The molecule has 4 unspecified atom stereocenters. The molecule has 44 heavy (non-hydrogen) atoms. The van der Waals surface area contributed by atoms with Crippen molar-refractivity contribution in [3.63, 3.8) is 0 Å². The molecule has 1 aromatic carbocycles. The number of aliphatic carboxylic acids is 2. The summed E-state index contributed by atoms with van der Waals surface area (Å²) in [7, 11) is 0. The molecule has 0 aliphatic carbocycles. The van der Waals surface area contributed by atoms with E-state index in [2.05, 4.69) is 25.9 Å². The van der Waals surface area contributed by atoms with Crippen LogP contribution in [0.1, 0.15) is 44.1 Å². The highest BCUT2D eigenvalue weighted by molar-refractivity contribution is 5.95. The number of primary amides is 1. The van der Waals surface area contributed by atoms with Gasteiger partial charge >= 0.3 is 11.9 Å². The summed E-state index contributed by atoms with van der Waals surface area (Å²) in [6.07, 6.45) is 0.610. The molecule has 1 aromatic heterocycles. The van der Waals surface area contributed by atoms with E-state index in [1.54, 1.807) is 30.5 Å². The number of carboxylic acids is 2. The van der Waals surface area contributed by atoms with E-state index in [9.17, 15) is 39.0 Å². The Morgan fingerprint density at radius 3 is 2.07 bits per heavy atom. The minimum absolute atomic E-state index is 0.104. The Bertz CT molecular complexity index is 1370. The first-order valence-electron chi connectivity index (χ1n) is 13.8. The van der Waals surface area contributed by atoms with Gasteiger partial charge in [0, 0.05) is 42.9 Å². The van der Waals surface area contributed by atoms with Gasteiger partial charge in [-0.15, -0.1) is 0 Å². The Labute approximate surface area is 252 Å². The molecule has 0 radical (unpaired) electrons. The number of nitrogens with zero attached hydrogens (tertiary/aromatic N) is 1. The van der Waals surface area contributed by atoms with Gasteiger partial charge in [-0.25, -0.2) is 4.79 Å².